The van der Waals surface area contributed by atoms with E-state index in [1.165, 1.54) is 4.90 Å². The highest BCUT2D eigenvalue weighted by molar-refractivity contribution is 6.05. The fourth-order valence-electron chi connectivity index (χ4n) is 4.95. The number of hydrogen-bond acceptors (Lipinski definition) is 6. The summed E-state index contributed by atoms with van der Waals surface area (Å²) >= 11 is 0. The molecule has 2 aromatic carbocycles. The van der Waals surface area contributed by atoms with E-state index < -0.39 is 5.97 Å². The van der Waals surface area contributed by atoms with E-state index in [0.29, 0.717) is 31.9 Å². The number of para-hydroxylation sites is 2. The first kappa shape index (κ1) is 43.0. The fourth-order valence-corrected chi connectivity index (χ4v) is 4.95. The number of rotatable bonds is 18. The SMILES string of the molecule is CCCCC(=O)NCC(=O)N(CC(=O)Nc1c(C)cccc1C)c1c(C)cccc1C.CCCCC(OCC)(OCC)OCC.Cl. The lowest BCUT2D eigenvalue weighted by Crippen LogP contribution is -2.44. The largest absolute Gasteiger partial charge is 0.347 e. The summed E-state index contributed by atoms with van der Waals surface area (Å²) in [6, 6.07) is 11.5. The first-order valence-corrected chi connectivity index (χ1v) is 16.4. The van der Waals surface area contributed by atoms with Gasteiger partial charge in [0.1, 0.15) is 6.54 Å². The molecule has 0 saturated carbocycles. The van der Waals surface area contributed by atoms with Crippen LogP contribution in [0.5, 0.6) is 0 Å². The van der Waals surface area contributed by atoms with Crippen LogP contribution in [0.3, 0.4) is 0 Å². The van der Waals surface area contributed by atoms with Crippen molar-refractivity contribution in [2.24, 2.45) is 0 Å². The number of amides is 3. The van der Waals surface area contributed by atoms with Crippen molar-refractivity contribution < 1.29 is 28.6 Å². The van der Waals surface area contributed by atoms with E-state index in [0.717, 1.165) is 60.0 Å². The summed E-state index contributed by atoms with van der Waals surface area (Å²) in [6.45, 7) is 19.3. The number of halogens is 1. The Morgan fingerprint density at radius 3 is 1.65 bits per heavy atom. The van der Waals surface area contributed by atoms with Crippen LogP contribution in [-0.2, 0) is 28.6 Å². The van der Waals surface area contributed by atoms with Crippen LogP contribution >= 0.6 is 12.4 Å². The zero-order valence-electron chi connectivity index (χ0n) is 29.5. The van der Waals surface area contributed by atoms with Crippen molar-refractivity contribution in [3.05, 3.63) is 58.7 Å². The maximum absolute atomic E-state index is 13.1. The predicted molar refractivity (Wildman–Crippen MR) is 190 cm³/mol. The van der Waals surface area contributed by atoms with Crippen molar-refractivity contribution >= 4 is 41.5 Å². The maximum Gasteiger partial charge on any atom is 0.282 e. The molecule has 3 amide bonds. The van der Waals surface area contributed by atoms with Crippen molar-refractivity contribution in [1.82, 2.24) is 5.32 Å². The molecular weight excluding hydrogens is 606 g/mol. The summed E-state index contributed by atoms with van der Waals surface area (Å²) in [6.07, 6.45) is 5.06. The van der Waals surface area contributed by atoms with Gasteiger partial charge in [0, 0.05) is 38.3 Å². The maximum atomic E-state index is 13.1. The van der Waals surface area contributed by atoms with Crippen LogP contribution in [0.2, 0.25) is 0 Å². The molecule has 0 fully saturated rings. The number of anilines is 2. The number of ether oxygens (including phenoxy) is 3. The van der Waals surface area contributed by atoms with E-state index in [1.807, 2.05) is 91.8 Å². The van der Waals surface area contributed by atoms with Gasteiger partial charge in [-0.1, -0.05) is 63.1 Å². The van der Waals surface area contributed by atoms with Gasteiger partial charge in [0.25, 0.3) is 5.97 Å². The van der Waals surface area contributed by atoms with Gasteiger partial charge in [0.15, 0.2) is 0 Å². The van der Waals surface area contributed by atoms with E-state index in [-0.39, 0.29) is 43.2 Å². The number of carbonyl (C=O) groups is 3. The third-order valence-electron chi connectivity index (χ3n) is 7.18. The van der Waals surface area contributed by atoms with Crippen molar-refractivity contribution in [2.45, 2.75) is 107 Å². The third-order valence-corrected chi connectivity index (χ3v) is 7.18. The van der Waals surface area contributed by atoms with Gasteiger partial charge in [-0.25, -0.2) is 0 Å². The van der Waals surface area contributed by atoms with Crippen molar-refractivity contribution in [1.29, 1.82) is 0 Å². The van der Waals surface area contributed by atoms with Crippen LogP contribution in [-0.4, -0.2) is 56.6 Å². The standard InChI is InChI=1S/C25H33N3O3.C11H24O3.ClH/c1-6-7-14-21(29)26-15-23(31)28(25-19(4)12-9-13-20(25)5)16-22(30)27-24-17(2)10-8-11-18(24)3;1-5-9-10-11(12-6-2,13-7-3)14-8-4;/h8-13H,6-7,14-16H2,1-5H3,(H,26,29)(H,27,30);5-10H2,1-4H3;1H. The Hall–Kier alpha value is -2.98. The average molecular weight is 664 g/mol. The molecular formula is C36H58ClN3O6. The Balaban J connectivity index is 0.00000114. The minimum Gasteiger partial charge on any atom is -0.347 e. The van der Waals surface area contributed by atoms with E-state index in [4.69, 9.17) is 14.2 Å². The number of nitrogens with zero attached hydrogens (tertiary/aromatic N) is 1. The second kappa shape index (κ2) is 23.4. The summed E-state index contributed by atoms with van der Waals surface area (Å²) in [5.41, 5.74) is 5.17. The molecule has 46 heavy (non-hydrogen) atoms. The van der Waals surface area contributed by atoms with Crippen molar-refractivity contribution in [3.63, 3.8) is 0 Å². The number of aryl methyl sites for hydroxylation is 4. The van der Waals surface area contributed by atoms with Crippen LogP contribution < -0.4 is 15.5 Å². The summed E-state index contributed by atoms with van der Waals surface area (Å²) in [4.78, 5) is 39.4. The highest BCUT2D eigenvalue weighted by Gasteiger charge is 2.31. The number of nitrogens with one attached hydrogen (secondary N) is 2. The van der Waals surface area contributed by atoms with Crippen LogP contribution in [0.4, 0.5) is 11.4 Å². The van der Waals surface area contributed by atoms with Crippen LogP contribution in [0.25, 0.3) is 0 Å². The minimum absolute atomic E-state index is 0. The van der Waals surface area contributed by atoms with Crippen LogP contribution in [0, 0.1) is 27.7 Å². The Kier molecular flexibility index (Phi) is 21.8. The highest BCUT2D eigenvalue weighted by atomic mass is 35.5. The molecule has 0 aromatic heterocycles. The van der Waals surface area contributed by atoms with Gasteiger partial charge in [0.2, 0.25) is 17.7 Å². The Morgan fingerprint density at radius 2 is 1.20 bits per heavy atom. The topological polar surface area (TPSA) is 106 Å². The monoisotopic (exact) mass is 663 g/mol. The summed E-state index contributed by atoms with van der Waals surface area (Å²) in [5, 5.41) is 5.63. The normalized spacial score (nSPS) is 10.7. The molecule has 10 heteroatoms. The molecule has 0 radical (unpaired) electrons. The number of benzene rings is 2. The quantitative estimate of drug-likeness (QED) is 0.160. The van der Waals surface area contributed by atoms with Crippen LogP contribution in [0.1, 0.15) is 95.4 Å². The molecule has 260 valence electrons. The van der Waals surface area contributed by atoms with Gasteiger partial charge in [-0.05, 0) is 83.6 Å². The van der Waals surface area contributed by atoms with E-state index in [2.05, 4.69) is 17.6 Å². The second-order valence-corrected chi connectivity index (χ2v) is 11.0. The van der Waals surface area contributed by atoms with Gasteiger partial charge in [-0.15, -0.1) is 12.4 Å². The molecule has 0 aliphatic rings. The Morgan fingerprint density at radius 1 is 0.717 bits per heavy atom. The molecule has 0 unspecified atom stereocenters. The van der Waals surface area contributed by atoms with Gasteiger partial charge < -0.3 is 29.7 Å². The third kappa shape index (κ3) is 14.6. The van der Waals surface area contributed by atoms with Crippen molar-refractivity contribution in [3.8, 4) is 0 Å². The van der Waals surface area contributed by atoms with E-state index >= 15 is 0 Å². The molecule has 0 atom stereocenters. The zero-order valence-corrected chi connectivity index (χ0v) is 30.4. The highest BCUT2D eigenvalue weighted by Crippen LogP contribution is 2.26. The minimum atomic E-state index is -0.797. The zero-order chi connectivity index (χ0) is 33.8. The van der Waals surface area contributed by atoms with Crippen LogP contribution in [0.15, 0.2) is 36.4 Å². The fraction of sp³-hybridized carbons (Fsp3) is 0.583. The first-order valence-electron chi connectivity index (χ1n) is 16.4. The first-order chi connectivity index (χ1) is 21.5. The molecule has 0 aliphatic heterocycles. The molecule has 2 rings (SSSR count). The van der Waals surface area contributed by atoms with Gasteiger partial charge in [0.05, 0.1) is 12.2 Å². The lowest BCUT2D eigenvalue weighted by atomic mass is 10.1. The number of hydrogen-bond donors (Lipinski definition) is 2. The summed E-state index contributed by atoms with van der Waals surface area (Å²) in [5.74, 6) is -1.56. The smallest absolute Gasteiger partial charge is 0.282 e. The predicted octanol–water partition coefficient (Wildman–Crippen LogP) is 7.56. The van der Waals surface area contributed by atoms with Gasteiger partial charge in [-0.3, -0.25) is 14.4 Å². The van der Waals surface area contributed by atoms with E-state index in [9.17, 15) is 14.4 Å². The summed E-state index contributed by atoms with van der Waals surface area (Å²) in [7, 11) is 0. The molecule has 2 N–H and O–H groups in total. The Bertz CT molecular complexity index is 1150. The molecule has 0 saturated heterocycles. The number of unbranched alkanes of at least 4 members (excludes halogenated alkanes) is 2. The number of carbonyl (C=O) groups excluding carboxylic acids is 3. The lowest BCUT2D eigenvalue weighted by molar-refractivity contribution is -0.380. The van der Waals surface area contributed by atoms with Gasteiger partial charge >= 0.3 is 0 Å². The molecule has 9 nitrogen and oxygen atoms in total. The molecule has 0 heterocycles. The lowest BCUT2D eigenvalue weighted by Gasteiger charge is -2.32. The molecule has 0 aliphatic carbocycles. The van der Waals surface area contributed by atoms with Crippen molar-refractivity contribution in [2.75, 3.05) is 43.1 Å². The summed E-state index contributed by atoms with van der Waals surface area (Å²) < 4.78 is 16.7. The Labute approximate surface area is 283 Å². The molecule has 0 spiro atoms. The van der Waals surface area contributed by atoms with Gasteiger partial charge in [-0.2, -0.15) is 0 Å². The molecule has 2 aromatic rings. The van der Waals surface area contributed by atoms with E-state index in [1.54, 1.807) is 0 Å². The second-order valence-electron chi connectivity index (χ2n) is 11.0. The average Bonchev–Trinajstić information content (AvgIpc) is 3.00. The molecule has 0 bridgehead atoms.